The van der Waals surface area contributed by atoms with Gasteiger partial charge in [-0.05, 0) is 49.4 Å². The molecule has 0 radical (unpaired) electrons. The summed E-state index contributed by atoms with van der Waals surface area (Å²) in [6.07, 6.45) is 2.26. The summed E-state index contributed by atoms with van der Waals surface area (Å²) < 4.78 is 0. The Labute approximate surface area is 160 Å². The minimum absolute atomic E-state index is 0.136. The quantitative estimate of drug-likeness (QED) is 0.596. The minimum Gasteiger partial charge on any atom is -0.351 e. The molecule has 1 aliphatic rings. The van der Waals surface area contributed by atoms with Crippen LogP contribution in [-0.2, 0) is 0 Å². The van der Waals surface area contributed by atoms with Gasteiger partial charge in [0.05, 0.1) is 15.5 Å². The maximum absolute atomic E-state index is 12.3. The average Bonchev–Trinajstić information content (AvgIpc) is 3.17. The standard InChI is InChI=1S/C18H20ClN3O3S/c19-16-4-3-14(22(24)25)12-15(16)18(23)20-7-10-21-8-5-13(6-9-21)17-2-1-11-26-17/h1-4,11-13H,5-10H2,(H,20,23). The van der Waals surface area contributed by atoms with Crippen molar-refractivity contribution < 1.29 is 9.72 Å². The molecule has 1 saturated heterocycles. The van der Waals surface area contributed by atoms with Crippen molar-refractivity contribution in [2.45, 2.75) is 18.8 Å². The molecule has 1 aliphatic heterocycles. The Balaban J connectivity index is 1.46. The Hall–Kier alpha value is -1.96. The van der Waals surface area contributed by atoms with Crippen LogP contribution in [0.1, 0.15) is 34.0 Å². The number of nitro benzene ring substituents is 1. The monoisotopic (exact) mass is 393 g/mol. The molecule has 26 heavy (non-hydrogen) atoms. The molecule has 0 aliphatic carbocycles. The summed E-state index contributed by atoms with van der Waals surface area (Å²) >= 11 is 7.81. The second-order valence-electron chi connectivity index (χ2n) is 6.31. The van der Waals surface area contributed by atoms with E-state index in [0.717, 1.165) is 32.5 Å². The van der Waals surface area contributed by atoms with E-state index in [-0.39, 0.29) is 22.2 Å². The smallest absolute Gasteiger partial charge is 0.270 e. The summed E-state index contributed by atoms with van der Waals surface area (Å²) in [6, 6.07) is 8.18. The second kappa shape index (κ2) is 8.62. The fourth-order valence-corrected chi connectivity index (χ4v) is 4.29. The fourth-order valence-electron chi connectivity index (χ4n) is 3.19. The highest BCUT2D eigenvalue weighted by atomic mass is 35.5. The van der Waals surface area contributed by atoms with Gasteiger partial charge >= 0.3 is 0 Å². The Kier molecular flexibility index (Phi) is 6.24. The summed E-state index contributed by atoms with van der Waals surface area (Å²) in [5.41, 5.74) is -0.00697. The second-order valence-corrected chi connectivity index (χ2v) is 7.69. The van der Waals surface area contributed by atoms with Crippen LogP contribution < -0.4 is 5.32 Å². The third kappa shape index (κ3) is 4.60. The number of non-ortho nitro benzene ring substituents is 1. The van der Waals surface area contributed by atoms with Crippen LogP contribution in [0.4, 0.5) is 5.69 Å². The molecule has 138 valence electrons. The highest BCUT2D eigenvalue weighted by Crippen LogP contribution is 2.30. The molecule has 2 aromatic rings. The molecule has 1 amide bonds. The number of nitrogens with one attached hydrogen (secondary N) is 1. The topological polar surface area (TPSA) is 75.5 Å². The first-order valence-electron chi connectivity index (χ1n) is 8.52. The molecule has 0 spiro atoms. The molecular weight excluding hydrogens is 374 g/mol. The number of amides is 1. The number of rotatable bonds is 6. The first-order valence-corrected chi connectivity index (χ1v) is 9.78. The van der Waals surface area contributed by atoms with E-state index in [2.05, 4.69) is 27.7 Å². The molecule has 6 nitrogen and oxygen atoms in total. The van der Waals surface area contributed by atoms with E-state index in [9.17, 15) is 14.9 Å². The lowest BCUT2D eigenvalue weighted by molar-refractivity contribution is -0.384. The molecular formula is C18H20ClN3O3S. The van der Waals surface area contributed by atoms with Gasteiger partial charge in [-0.15, -0.1) is 11.3 Å². The highest BCUT2D eigenvalue weighted by Gasteiger charge is 2.21. The number of carbonyl (C=O) groups is 1. The zero-order chi connectivity index (χ0) is 18.5. The molecule has 0 bridgehead atoms. The molecule has 0 saturated carbocycles. The third-order valence-electron chi connectivity index (χ3n) is 4.65. The summed E-state index contributed by atoms with van der Waals surface area (Å²) in [5.74, 6) is 0.261. The predicted molar refractivity (Wildman–Crippen MR) is 103 cm³/mol. The Bertz CT molecular complexity index is 774. The average molecular weight is 394 g/mol. The van der Waals surface area contributed by atoms with Gasteiger partial charge in [0, 0.05) is 30.1 Å². The van der Waals surface area contributed by atoms with Crippen LogP contribution in [0.2, 0.25) is 5.02 Å². The van der Waals surface area contributed by atoms with E-state index >= 15 is 0 Å². The van der Waals surface area contributed by atoms with E-state index in [1.807, 2.05) is 11.3 Å². The summed E-state index contributed by atoms with van der Waals surface area (Å²) in [5, 5.41) is 16.0. The normalized spacial score (nSPS) is 15.7. The van der Waals surface area contributed by atoms with Crippen molar-refractivity contribution in [2.75, 3.05) is 26.2 Å². The molecule has 1 fully saturated rings. The van der Waals surface area contributed by atoms with Gasteiger partial charge in [0.25, 0.3) is 11.6 Å². The highest BCUT2D eigenvalue weighted by molar-refractivity contribution is 7.10. The van der Waals surface area contributed by atoms with Gasteiger partial charge in [0.2, 0.25) is 0 Å². The lowest BCUT2D eigenvalue weighted by atomic mass is 9.95. The Morgan fingerprint density at radius 3 is 2.77 bits per heavy atom. The number of halogens is 1. The molecule has 2 heterocycles. The zero-order valence-electron chi connectivity index (χ0n) is 14.2. The molecule has 1 aromatic carbocycles. The number of nitro groups is 1. The van der Waals surface area contributed by atoms with Gasteiger partial charge in [-0.1, -0.05) is 17.7 Å². The largest absolute Gasteiger partial charge is 0.351 e. The van der Waals surface area contributed by atoms with E-state index in [4.69, 9.17) is 11.6 Å². The molecule has 0 unspecified atom stereocenters. The van der Waals surface area contributed by atoms with Crippen molar-refractivity contribution in [3.63, 3.8) is 0 Å². The van der Waals surface area contributed by atoms with Crippen LogP contribution in [0, 0.1) is 10.1 Å². The number of hydrogen-bond acceptors (Lipinski definition) is 5. The summed E-state index contributed by atoms with van der Waals surface area (Å²) in [4.78, 5) is 26.4. The van der Waals surface area contributed by atoms with E-state index in [1.165, 1.54) is 23.1 Å². The van der Waals surface area contributed by atoms with Crippen molar-refractivity contribution in [3.05, 3.63) is 61.3 Å². The minimum atomic E-state index is -0.537. The van der Waals surface area contributed by atoms with Crippen LogP contribution >= 0.6 is 22.9 Å². The number of thiophene rings is 1. The number of nitrogens with zero attached hydrogens (tertiary/aromatic N) is 2. The zero-order valence-corrected chi connectivity index (χ0v) is 15.8. The number of carbonyl (C=O) groups excluding carboxylic acids is 1. The van der Waals surface area contributed by atoms with Crippen molar-refractivity contribution in [1.82, 2.24) is 10.2 Å². The number of piperidine rings is 1. The fraction of sp³-hybridized carbons (Fsp3) is 0.389. The molecule has 1 N–H and O–H groups in total. The Morgan fingerprint density at radius 2 is 2.12 bits per heavy atom. The van der Waals surface area contributed by atoms with Crippen LogP contribution in [0.5, 0.6) is 0 Å². The van der Waals surface area contributed by atoms with Gasteiger partial charge in [0.1, 0.15) is 0 Å². The molecule has 3 rings (SSSR count). The predicted octanol–water partition coefficient (Wildman–Crippen LogP) is 3.92. The van der Waals surface area contributed by atoms with Crippen LogP contribution in [0.15, 0.2) is 35.7 Å². The maximum Gasteiger partial charge on any atom is 0.270 e. The molecule has 0 atom stereocenters. The van der Waals surface area contributed by atoms with E-state index < -0.39 is 4.92 Å². The number of hydrogen-bond donors (Lipinski definition) is 1. The SMILES string of the molecule is O=C(NCCN1CCC(c2cccs2)CC1)c1cc([N+](=O)[O-])ccc1Cl. The summed E-state index contributed by atoms with van der Waals surface area (Å²) in [7, 11) is 0. The van der Waals surface area contributed by atoms with Crippen molar-refractivity contribution in [2.24, 2.45) is 0 Å². The number of likely N-dealkylation sites (tertiary alicyclic amines) is 1. The third-order valence-corrected chi connectivity index (χ3v) is 6.02. The lowest BCUT2D eigenvalue weighted by Gasteiger charge is -2.31. The number of benzene rings is 1. The molecule has 8 heteroatoms. The van der Waals surface area contributed by atoms with Gasteiger partial charge in [-0.3, -0.25) is 14.9 Å². The first kappa shape index (κ1) is 18.8. The van der Waals surface area contributed by atoms with Crippen molar-refractivity contribution in [3.8, 4) is 0 Å². The van der Waals surface area contributed by atoms with Crippen molar-refractivity contribution >= 4 is 34.5 Å². The van der Waals surface area contributed by atoms with E-state index in [1.54, 1.807) is 0 Å². The first-order chi connectivity index (χ1) is 12.5. The van der Waals surface area contributed by atoms with Crippen LogP contribution in [-0.4, -0.2) is 41.9 Å². The van der Waals surface area contributed by atoms with Gasteiger partial charge in [0.15, 0.2) is 0 Å². The Morgan fingerprint density at radius 1 is 1.35 bits per heavy atom. The van der Waals surface area contributed by atoms with E-state index in [0.29, 0.717) is 12.5 Å². The van der Waals surface area contributed by atoms with Gasteiger partial charge < -0.3 is 10.2 Å². The van der Waals surface area contributed by atoms with Gasteiger partial charge in [-0.2, -0.15) is 0 Å². The van der Waals surface area contributed by atoms with Crippen molar-refractivity contribution in [1.29, 1.82) is 0 Å². The maximum atomic E-state index is 12.3. The summed E-state index contributed by atoms with van der Waals surface area (Å²) in [6.45, 7) is 3.27. The molecule has 1 aromatic heterocycles. The van der Waals surface area contributed by atoms with Crippen LogP contribution in [0.25, 0.3) is 0 Å². The lowest BCUT2D eigenvalue weighted by Crippen LogP contribution is -2.39. The van der Waals surface area contributed by atoms with Crippen LogP contribution in [0.3, 0.4) is 0 Å². The van der Waals surface area contributed by atoms with Gasteiger partial charge in [-0.25, -0.2) is 0 Å².